The lowest BCUT2D eigenvalue weighted by Crippen LogP contribution is -2.28. The maximum absolute atomic E-state index is 13.8. The highest BCUT2D eigenvalue weighted by Crippen LogP contribution is 2.35. The van der Waals surface area contributed by atoms with Gasteiger partial charge in [0.15, 0.2) is 11.0 Å². The van der Waals surface area contributed by atoms with Crippen molar-refractivity contribution in [2.75, 3.05) is 20.0 Å². The van der Waals surface area contributed by atoms with E-state index in [1.54, 1.807) is 71.5 Å². The van der Waals surface area contributed by atoms with E-state index >= 15 is 0 Å². The number of carbonyl (C=O) groups excluding carboxylic acids is 2. The Hall–Kier alpha value is -4.65. The van der Waals surface area contributed by atoms with Crippen LogP contribution in [0.1, 0.15) is 39.1 Å². The van der Waals surface area contributed by atoms with Crippen LogP contribution in [0, 0.1) is 0 Å². The molecular formula is C33H29ClN6O4S2. The molecule has 13 heteroatoms. The van der Waals surface area contributed by atoms with E-state index in [2.05, 4.69) is 15.5 Å². The molecule has 0 spiro atoms. The number of hydrogen-bond donors (Lipinski definition) is 1. The Balaban J connectivity index is 1.23. The average molecular weight is 673 g/mol. The van der Waals surface area contributed by atoms with E-state index in [-0.39, 0.29) is 30.2 Å². The molecule has 0 aliphatic carbocycles. The summed E-state index contributed by atoms with van der Waals surface area (Å²) in [5.74, 6) is 1.39. The summed E-state index contributed by atoms with van der Waals surface area (Å²) in [7, 11) is 3.17. The zero-order chi connectivity index (χ0) is 32.0. The predicted molar refractivity (Wildman–Crippen MR) is 179 cm³/mol. The van der Waals surface area contributed by atoms with Gasteiger partial charge in [0.05, 0.1) is 48.8 Å². The summed E-state index contributed by atoms with van der Waals surface area (Å²) in [4.78, 5) is 27.8. The number of hydrogen-bond acceptors (Lipinski definition) is 9. The zero-order valence-corrected chi connectivity index (χ0v) is 27.3. The first-order valence-corrected chi connectivity index (χ1v) is 16.5. The number of halogens is 1. The maximum atomic E-state index is 13.8. The third-order valence-electron chi connectivity index (χ3n) is 7.30. The number of rotatable bonds is 11. The molecule has 0 radical (unpaired) electrons. The van der Waals surface area contributed by atoms with Gasteiger partial charge in [-0.3, -0.25) is 14.2 Å². The van der Waals surface area contributed by atoms with E-state index in [0.29, 0.717) is 39.4 Å². The lowest BCUT2D eigenvalue weighted by molar-refractivity contribution is -0.130. The summed E-state index contributed by atoms with van der Waals surface area (Å²) < 4.78 is 12.4. The number of benzene rings is 3. The summed E-state index contributed by atoms with van der Waals surface area (Å²) in [6, 6.07) is 25.6. The Morgan fingerprint density at radius 3 is 2.52 bits per heavy atom. The fourth-order valence-electron chi connectivity index (χ4n) is 5.02. The number of thioether (sulfide) groups is 1. The van der Waals surface area contributed by atoms with Gasteiger partial charge in [-0.25, -0.2) is 5.01 Å². The largest absolute Gasteiger partial charge is 0.497 e. The molecule has 46 heavy (non-hydrogen) atoms. The molecule has 2 amide bonds. The normalized spacial score (nSPS) is 14.2. The van der Waals surface area contributed by atoms with Crippen molar-refractivity contribution in [1.29, 1.82) is 0 Å². The maximum Gasteiger partial charge on any atom is 0.253 e. The quantitative estimate of drug-likeness (QED) is 0.162. The van der Waals surface area contributed by atoms with Gasteiger partial charge in [-0.15, -0.1) is 21.5 Å². The van der Waals surface area contributed by atoms with Gasteiger partial charge >= 0.3 is 0 Å². The summed E-state index contributed by atoms with van der Waals surface area (Å²) in [6.45, 7) is 0.0875. The Morgan fingerprint density at radius 1 is 0.978 bits per heavy atom. The van der Waals surface area contributed by atoms with Crippen molar-refractivity contribution in [2.24, 2.45) is 5.10 Å². The van der Waals surface area contributed by atoms with Crippen LogP contribution >= 0.6 is 34.7 Å². The van der Waals surface area contributed by atoms with Crippen LogP contribution in [0.2, 0.25) is 5.02 Å². The van der Waals surface area contributed by atoms with E-state index in [4.69, 9.17) is 26.2 Å². The Bertz CT molecular complexity index is 1880. The second-order valence-corrected chi connectivity index (χ2v) is 12.5. The SMILES string of the molecule is COc1ccc([C@H]2CC(c3cccs3)=NN2C(=O)CSc2nnc(CNC(=O)c3cccc(OC)c3)n2-c2cccc(Cl)c2)cc1. The highest BCUT2D eigenvalue weighted by Gasteiger charge is 2.34. The second-order valence-electron chi connectivity index (χ2n) is 10.2. The van der Waals surface area contributed by atoms with Gasteiger partial charge in [0, 0.05) is 17.0 Å². The van der Waals surface area contributed by atoms with Crippen molar-refractivity contribution in [3.8, 4) is 17.2 Å². The smallest absolute Gasteiger partial charge is 0.253 e. The zero-order valence-electron chi connectivity index (χ0n) is 24.9. The number of methoxy groups -OCH3 is 2. The first-order valence-electron chi connectivity index (χ1n) is 14.3. The lowest BCUT2D eigenvalue weighted by atomic mass is 10.0. The lowest BCUT2D eigenvalue weighted by Gasteiger charge is -2.22. The standard InChI is InChI=1S/C33H29ClN6O4S2/c1-43-25-13-11-21(12-14-25)28-18-27(29-10-5-15-45-29)38-40(28)31(41)20-46-33-37-36-30(39(33)24-8-4-7-23(34)17-24)19-35-32(42)22-6-3-9-26(16-22)44-2/h3-17,28H,18-20H2,1-2H3,(H,35,42)/t28-/m1/s1. The summed E-state index contributed by atoms with van der Waals surface area (Å²) in [5, 5.41) is 21.0. The highest BCUT2D eigenvalue weighted by atomic mass is 35.5. The predicted octanol–water partition coefficient (Wildman–Crippen LogP) is 6.40. The van der Waals surface area contributed by atoms with Crippen molar-refractivity contribution < 1.29 is 19.1 Å². The third-order valence-corrected chi connectivity index (χ3v) is 9.37. The number of amides is 2. The molecule has 3 heterocycles. The molecule has 5 aromatic rings. The number of hydrazone groups is 1. The van der Waals surface area contributed by atoms with E-state index in [9.17, 15) is 9.59 Å². The molecule has 1 N–H and O–H groups in total. The molecular weight excluding hydrogens is 644 g/mol. The van der Waals surface area contributed by atoms with Crippen molar-refractivity contribution >= 4 is 52.2 Å². The van der Waals surface area contributed by atoms with Crippen LogP contribution in [0.3, 0.4) is 0 Å². The fraction of sp³-hybridized carbons (Fsp3) is 0.182. The van der Waals surface area contributed by atoms with Crippen molar-refractivity contribution in [3.63, 3.8) is 0 Å². The topological polar surface area (TPSA) is 111 Å². The van der Waals surface area contributed by atoms with Gasteiger partial charge in [0.25, 0.3) is 11.8 Å². The van der Waals surface area contributed by atoms with Gasteiger partial charge in [0.2, 0.25) is 0 Å². The van der Waals surface area contributed by atoms with Crippen LogP contribution in [0.4, 0.5) is 0 Å². The van der Waals surface area contributed by atoms with Gasteiger partial charge in [-0.05, 0) is 65.5 Å². The van der Waals surface area contributed by atoms with Crippen LogP contribution in [0.25, 0.3) is 5.69 Å². The Labute approximate surface area is 279 Å². The summed E-state index contributed by atoms with van der Waals surface area (Å²) >= 11 is 9.18. The van der Waals surface area contributed by atoms with Crippen LogP contribution in [0.5, 0.6) is 11.5 Å². The summed E-state index contributed by atoms with van der Waals surface area (Å²) in [6.07, 6.45) is 0.596. The number of ether oxygens (including phenoxy) is 2. The van der Waals surface area contributed by atoms with Crippen LogP contribution in [-0.2, 0) is 11.3 Å². The molecule has 0 bridgehead atoms. The molecule has 0 fully saturated rings. The van der Waals surface area contributed by atoms with Crippen molar-refractivity contribution in [2.45, 2.75) is 24.2 Å². The monoisotopic (exact) mass is 672 g/mol. The van der Waals surface area contributed by atoms with Crippen LogP contribution < -0.4 is 14.8 Å². The molecule has 0 unspecified atom stereocenters. The third kappa shape index (κ3) is 6.94. The van der Waals surface area contributed by atoms with Gasteiger partial charge < -0.3 is 14.8 Å². The van der Waals surface area contributed by atoms with Crippen molar-refractivity contribution in [1.82, 2.24) is 25.1 Å². The average Bonchev–Trinajstić information content (AvgIpc) is 3.86. The Kier molecular flexibility index (Phi) is 9.67. The van der Waals surface area contributed by atoms with Crippen LogP contribution in [0.15, 0.2) is 101 Å². The number of nitrogens with zero attached hydrogens (tertiary/aromatic N) is 5. The molecule has 1 aliphatic heterocycles. The number of nitrogens with one attached hydrogen (secondary N) is 1. The molecule has 0 saturated heterocycles. The highest BCUT2D eigenvalue weighted by molar-refractivity contribution is 7.99. The Morgan fingerprint density at radius 2 is 1.78 bits per heavy atom. The van der Waals surface area contributed by atoms with Crippen LogP contribution in [-0.4, -0.2) is 57.3 Å². The molecule has 6 rings (SSSR count). The molecule has 1 aliphatic rings. The molecule has 2 aromatic heterocycles. The number of thiophene rings is 1. The number of carbonyl (C=O) groups is 2. The van der Waals surface area contributed by atoms with Gasteiger partial charge in [0.1, 0.15) is 11.5 Å². The molecule has 234 valence electrons. The molecule has 3 aromatic carbocycles. The number of aromatic nitrogens is 3. The first-order chi connectivity index (χ1) is 22.4. The van der Waals surface area contributed by atoms with Gasteiger partial charge in [-0.2, -0.15) is 5.10 Å². The van der Waals surface area contributed by atoms with E-state index in [1.165, 1.54) is 11.8 Å². The molecule has 10 nitrogen and oxygen atoms in total. The van der Waals surface area contributed by atoms with E-state index in [1.807, 2.05) is 53.9 Å². The fourth-order valence-corrected chi connectivity index (χ4v) is 6.75. The second kappa shape index (κ2) is 14.2. The van der Waals surface area contributed by atoms with Gasteiger partial charge in [-0.1, -0.05) is 53.7 Å². The van der Waals surface area contributed by atoms with E-state index in [0.717, 1.165) is 21.9 Å². The van der Waals surface area contributed by atoms with Crippen molar-refractivity contribution in [3.05, 3.63) is 117 Å². The molecule has 0 saturated carbocycles. The summed E-state index contributed by atoms with van der Waals surface area (Å²) in [5.41, 5.74) is 2.98. The minimum Gasteiger partial charge on any atom is -0.497 e. The minimum absolute atomic E-state index is 0.0583. The minimum atomic E-state index is -0.290. The molecule has 1 atom stereocenters. The van der Waals surface area contributed by atoms with E-state index < -0.39 is 0 Å². The first kappa shape index (κ1) is 31.3.